The van der Waals surface area contributed by atoms with E-state index >= 15 is 0 Å². The largest absolute Gasteiger partial charge is 0.396 e. The predicted octanol–water partition coefficient (Wildman–Crippen LogP) is 2.38. The molecule has 6 heteroatoms. The van der Waals surface area contributed by atoms with Crippen LogP contribution in [0.5, 0.6) is 0 Å². The van der Waals surface area contributed by atoms with Crippen molar-refractivity contribution < 1.29 is 5.11 Å². The number of benzene rings is 1. The van der Waals surface area contributed by atoms with E-state index in [1.54, 1.807) is 0 Å². The van der Waals surface area contributed by atoms with Crippen LogP contribution in [-0.2, 0) is 26.4 Å². The molecule has 0 saturated carbocycles. The van der Waals surface area contributed by atoms with Gasteiger partial charge in [-0.25, -0.2) is 4.99 Å². The second-order valence-corrected chi connectivity index (χ2v) is 6.57. The summed E-state index contributed by atoms with van der Waals surface area (Å²) in [6, 6.07) is 10.1. The minimum atomic E-state index is 0.0332. The molecule has 1 heterocycles. The van der Waals surface area contributed by atoms with Crippen molar-refractivity contribution in [1.82, 2.24) is 20.4 Å². The van der Waals surface area contributed by atoms with Crippen LogP contribution in [0.2, 0.25) is 0 Å². The molecule has 0 bridgehead atoms. The van der Waals surface area contributed by atoms with Crippen molar-refractivity contribution in [1.29, 1.82) is 0 Å². The molecule has 2 aromatic rings. The highest BCUT2D eigenvalue weighted by Crippen LogP contribution is 2.17. The van der Waals surface area contributed by atoms with Crippen molar-refractivity contribution >= 4 is 5.96 Å². The first-order valence-electron chi connectivity index (χ1n) is 9.86. The van der Waals surface area contributed by atoms with E-state index in [4.69, 9.17) is 4.99 Å². The molecule has 0 radical (unpaired) electrons. The molecule has 0 aliphatic carbocycles. The Labute approximate surface area is 162 Å². The Bertz CT molecular complexity index is 724. The van der Waals surface area contributed by atoms with Gasteiger partial charge in [-0.1, -0.05) is 44.2 Å². The maximum absolute atomic E-state index is 9.76. The third kappa shape index (κ3) is 5.57. The lowest BCUT2D eigenvalue weighted by Gasteiger charge is -2.18. The van der Waals surface area contributed by atoms with Crippen LogP contribution in [0.3, 0.4) is 0 Å². The van der Waals surface area contributed by atoms with Crippen LogP contribution >= 0.6 is 0 Å². The van der Waals surface area contributed by atoms with E-state index in [2.05, 4.69) is 36.5 Å². The maximum Gasteiger partial charge on any atom is 0.191 e. The molecule has 1 aromatic carbocycles. The molecule has 27 heavy (non-hydrogen) atoms. The Morgan fingerprint density at radius 1 is 1.15 bits per heavy atom. The van der Waals surface area contributed by atoms with E-state index in [1.807, 2.05) is 42.1 Å². The van der Waals surface area contributed by atoms with Crippen LogP contribution in [0.25, 0.3) is 0 Å². The van der Waals surface area contributed by atoms with Crippen molar-refractivity contribution in [2.45, 2.75) is 46.1 Å². The van der Waals surface area contributed by atoms with E-state index in [0.29, 0.717) is 13.1 Å². The Kier molecular flexibility index (Phi) is 8.33. The van der Waals surface area contributed by atoms with Crippen molar-refractivity contribution in [2.24, 2.45) is 12.0 Å². The van der Waals surface area contributed by atoms with Gasteiger partial charge in [0, 0.05) is 37.3 Å². The fourth-order valence-corrected chi connectivity index (χ4v) is 3.31. The Hall–Kier alpha value is -2.34. The number of aryl methyl sites for hydroxylation is 2. The summed E-state index contributed by atoms with van der Waals surface area (Å²) in [5, 5.41) is 21.1. The molecule has 0 amide bonds. The molecule has 3 N–H and O–H groups in total. The van der Waals surface area contributed by atoms with E-state index in [0.717, 1.165) is 36.6 Å². The summed E-state index contributed by atoms with van der Waals surface area (Å²) in [6.07, 6.45) is 1.85. The van der Waals surface area contributed by atoms with Gasteiger partial charge in [0.1, 0.15) is 0 Å². The summed E-state index contributed by atoms with van der Waals surface area (Å²) in [7, 11) is 2.00. The molecule has 6 nitrogen and oxygen atoms in total. The average molecular weight is 372 g/mol. The lowest BCUT2D eigenvalue weighted by atomic mass is 10.0. The third-order valence-corrected chi connectivity index (χ3v) is 4.77. The Morgan fingerprint density at radius 3 is 2.48 bits per heavy atom. The molecule has 0 saturated heterocycles. The van der Waals surface area contributed by atoms with Gasteiger partial charge < -0.3 is 15.7 Å². The standard InChI is InChI=1S/C21H33N5O/c1-5-19-18(20(6-2)26(4)25-19)14-24-21(22-7-3)23-13-17(15-27)16-11-9-8-10-12-16/h8-12,17,27H,5-7,13-15H2,1-4H3,(H2,22,23,24). The fraction of sp³-hybridized carbons (Fsp3) is 0.524. The number of hydrogen-bond acceptors (Lipinski definition) is 3. The molecule has 2 rings (SSSR count). The van der Waals surface area contributed by atoms with Crippen LogP contribution < -0.4 is 10.6 Å². The van der Waals surface area contributed by atoms with Gasteiger partial charge in [-0.15, -0.1) is 0 Å². The van der Waals surface area contributed by atoms with Crippen molar-refractivity contribution in [3.8, 4) is 0 Å². The topological polar surface area (TPSA) is 74.5 Å². The zero-order valence-electron chi connectivity index (χ0n) is 17.0. The maximum atomic E-state index is 9.76. The third-order valence-electron chi connectivity index (χ3n) is 4.77. The number of aliphatic hydroxyl groups is 1. The smallest absolute Gasteiger partial charge is 0.191 e. The molecule has 1 atom stereocenters. The van der Waals surface area contributed by atoms with Crippen molar-refractivity contribution in [3.05, 3.63) is 52.8 Å². The Morgan fingerprint density at radius 2 is 1.89 bits per heavy atom. The van der Waals surface area contributed by atoms with Gasteiger partial charge in [-0.05, 0) is 25.3 Å². The molecular formula is C21H33N5O. The lowest BCUT2D eigenvalue weighted by molar-refractivity contribution is 0.265. The highest BCUT2D eigenvalue weighted by atomic mass is 16.3. The van der Waals surface area contributed by atoms with Gasteiger partial charge in [0.25, 0.3) is 0 Å². The second kappa shape index (κ2) is 10.7. The van der Waals surface area contributed by atoms with Gasteiger partial charge in [0.15, 0.2) is 5.96 Å². The zero-order valence-corrected chi connectivity index (χ0v) is 17.0. The number of nitrogens with one attached hydrogen (secondary N) is 2. The lowest BCUT2D eigenvalue weighted by Crippen LogP contribution is -2.40. The van der Waals surface area contributed by atoms with Gasteiger partial charge >= 0.3 is 0 Å². The van der Waals surface area contributed by atoms with Gasteiger partial charge in [0.05, 0.1) is 18.8 Å². The minimum Gasteiger partial charge on any atom is -0.396 e. The zero-order chi connectivity index (χ0) is 19.6. The van der Waals surface area contributed by atoms with E-state index < -0.39 is 0 Å². The molecule has 148 valence electrons. The van der Waals surface area contributed by atoms with E-state index in [1.165, 1.54) is 11.3 Å². The quantitative estimate of drug-likeness (QED) is 0.467. The fourth-order valence-electron chi connectivity index (χ4n) is 3.31. The van der Waals surface area contributed by atoms with Crippen LogP contribution in [0.15, 0.2) is 35.3 Å². The van der Waals surface area contributed by atoms with Gasteiger partial charge in [0.2, 0.25) is 0 Å². The first-order chi connectivity index (χ1) is 13.1. The summed E-state index contributed by atoms with van der Waals surface area (Å²) < 4.78 is 1.97. The molecular weight excluding hydrogens is 338 g/mol. The van der Waals surface area contributed by atoms with Crippen molar-refractivity contribution in [2.75, 3.05) is 19.7 Å². The monoisotopic (exact) mass is 371 g/mol. The number of aliphatic imine (C=N–C) groups is 1. The Balaban J connectivity index is 2.10. The number of hydrogen-bond donors (Lipinski definition) is 3. The van der Waals surface area contributed by atoms with Gasteiger partial charge in [-0.3, -0.25) is 4.68 Å². The number of aromatic nitrogens is 2. The van der Waals surface area contributed by atoms with Gasteiger partial charge in [-0.2, -0.15) is 5.10 Å². The SMILES string of the molecule is CCNC(=NCc1c(CC)nn(C)c1CC)NCC(CO)c1ccccc1. The average Bonchev–Trinajstić information content (AvgIpc) is 3.01. The first kappa shape index (κ1) is 21.0. The normalized spacial score (nSPS) is 12.9. The number of aliphatic hydroxyl groups excluding tert-OH is 1. The van der Waals surface area contributed by atoms with E-state index in [-0.39, 0.29) is 12.5 Å². The summed E-state index contributed by atoms with van der Waals surface area (Å²) in [6.45, 7) is 8.44. The van der Waals surface area contributed by atoms with Crippen LogP contribution in [0.4, 0.5) is 0 Å². The van der Waals surface area contributed by atoms with Crippen LogP contribution in [0, 0.1) is 0 Å². The highest BCUT2D eigenvalue weighted by Gasteiger charge is 2.14. The molecule has 0 aliphatic rings. The van der Waals surface area contributed by atoms with Crippen LogP contribution in [0.1, 0.15) is 49.2 Å². The molecule has 0 aliphatic heterocycles. The first-order valence-corrected chi connectivity index (χ1v) is 9.86. The highest BCUT2D eigenvalue weighted by molar-refractivity contribution is 5.79. The molecule has 1 aromatic heterocycles. The molecule has 1 unspecified atom stereocenters. The molecule has 0 spiro atoms. The number of rotatable bonds is 9. The summed E-state index contributed by atoms with van der Waals surface area (Å²) in [5.41, 5.74) is 4.70. The minimum absolute atomic E-state index is 0.0332. The summed E-state index contributed by atoms with van der Waals surface area (Å²) in [4.78, 5) is 4.77. The number of nitrogens with zero attached hydrogens (tertiary/aromatic N) is 3. The van der Waals surface area contributed by atoms with Crippen molar-refractivity contribution in [3.63, 3.8) is 0 Å². The summed E-state index contributed by atoms with van der Waals surface area (Å²) >= 11 is 0. The summed E-state index contributed by atoms with van der Waals surface area (Å²) in [5.74, 6) is 0.797. The molecule has 0 fully saturated rings. The second-order valence-electron chi connectivity index (χ2n) is 6.57. The number of guanidine groups is 1. The van der Waals surface area contributed by atoms with Crippen LogP contribution in [-0.4, -0.2) is 40.5 Å². The van der Waals surface area contributed by atoms with E-state index in [9.17, 15) is 5.11 Å². The predicted molar refractivity (Wildman–Crippen MR) is 111 cm³/mol.